The highest BCUT2D eigenvalue weighted by Crippen LogP contribution is 2.29. The summed E-state index contributed by atoms with van der Waals surface area (Å²) in [5.74, 6) is 0.537. The monoisotopic (exact) mass is 297 g/mol. The predicted molar refractivity (Wildman–Crippen MR) is 73.0 cm³/mol. The molecule has 7 heteroatoms. The van der Waals surface area contributed by atoms with Crippen LogP contribution in [0.2, 0.25) is 0 Å². The number of para-hydroxylation sites is 1. The van der Waals surface area contributed by atoms with E-state index < -0.39 is 6.61 Å². The summed E-state index contributed by atoms with van der Waals surface area (Å²) in [6.45, 7) is 3.52. The van der Waals surface area contributed by atoms with E-state index in [-0.39, 0.29) is 17.2 Å². The molecule has 1 aromatic heterocycles. The highest BCUT2D eigenvalue weighted by atomic mass is 19.3. The minimum Gasteiger partial charge on any atom is -0.434 e. The second kappa shape index (κ2) is 6.17. The van der Waals surface area contributed by atoms with Crippen molar-refractivity contribution in [2.75, 3.05) is 0 Å². The van der Waals surface area contributed by atoms with E-state index in [1.54, 1.807) is 18.2 Å². The van der Waals surface area contributed by atoms with Crippen LogP contribution in [0.15, 0.2) is 28.7 Å². The number of ether oxygens (including phenoxy) is 1. The number of rotatable bonds is 5. The highest BCUT2D eigenvalue weighted by Gasteiger charge is 2.17. The van der Waals surface area contributed by atoms with Crippen molar-refractivity contribution in [3.05, 3.63) is 30.2 Å². The molecule has 0 amide bonds. The lowest BCUT2D eigenvalue weighted by Crippen LogP contribution is -2.35. The second-order valence-electron chi connectivity index (χ2n) is 5.48. The average molecular weight is 297 g/mol. The Labute approximate surface area is 121 Å². The SMILES string of the molecule is CC(C)(C)NCc1nnc(-c2ccccc2OC(F)F)o1. The molecule has 0 unspecified atom stereocenters. The number of halogens is 2. The topological polar surface area (TPSA) is 60.2 Å². The number of aromatic nitrogens is 2. The number of nitrogens with zero attached hydrogens (tertiary/aromatic N) is 2. The first kappa shape index (κ1) is 15.4. The fourth-order valence-corrected chi connectivity index (χ4v) is 1.62. The summed E-state index contributed by atoms with van der Waals surface area (Å²) in [7, 11) is 0. The van der Waals surface area contributed by atoms with Crippen molar-refractivity contribution in [2.24, 2.45) is 0 Å². The van der Waals surface area contributed by atoms with Crippen LogP contribution in [0.25, 0.3) is 11.5 Å². The molecule has 0 spiro atoms. The Bertz CT molecular complexity index is 594. The molecular formula is C14H17F2N3O2. The van der Waals surface area contributed by atoms with Gasteiger partial charge >= 0.3 is 6.61 Å². The van der Waals surface area contributed by atoms with Crippen LogP contribution in [0.4, 0.5) is 8.78 Å². The van der Waals surface area contributed by atoms with Gasteiger partial charge in [0.2, 0.25) is 5.89 Å². The van der Waals surface area contributed by atoms with Crippen molar-refractivity contribution in [3.63, 3.8) is 0 Å². The standard InChI is InChI=1S/C14H17F2N3O2/c1-14(2,3)17-8-11-18-19-12(21-11)9-6-4-5-7-10(9)20-13(15)16/h4-7,13,17H,8H2,1-3H3. The Morgan fingerprint density at radius 2 is 1.95 bits per heavy atom. The smallest absolute Gasteiger partial charge is 0.387 e. The van der Waals surface area contributed by atoms with Gasteiger partial charge in [0, 0.05) is 5.54 Å². The van der Waals surface area contributed by atoms with Crippen LogP contribution < -0.4 is 10.1 Å². The van der Waals surface area contributed by atoms with Gasteiger partial charge in [0.05, 0.1) is 12.1 Å². The molecule has 21 heavy (non-hydrogen) atoms. The molecule has 0 atom stereocenters. The van der Waals surface area contributed by atoms with E-state index in [9.17, 15) is 8.78 Å². The lowest BCUT2D eigenvalue weighted by Gasteiger charge is -2.18. The lowest BCUT2D eigenvalue weighted by atomic mass is 10.1. The van der Waals surface area contributed by atoms with Crippen LogP contribution in [0.3, 0.4) is 0 Å². The third-order valence-electron chi connectivity index (χ3n) is 2.57. The molecule has 114 valence electrons. The third-order valence-corrected chi connectivity index (χ3v) is 2.57. The predicted octanol–water partition coefficient (Wildman–Crippen LogP) is 3.23. The molecule has 0 saturated heterocycles. The van der Waals surface area contributed by atoms with Crippen molar-refractivity contribution >= 4 is 0 Å². The van der Waals surface area contributed by atoms with Gasteiger partial charge in [-0.05, 0) is 32.9 Å². The van der Waals surface area contributed by atoms with E-state index in [0.29, 0.717) is 18.0 Å². The molecule has 0 bridgehead atoms. The van der Waals surface area contributed by atoms with Gasteiger partial charge in [0.1, 0.15) is 5.75 Å². The zero-order valence-electron chi connectivity index (χ0n) is 12.1. The molecular weight excluding hydrogens is 280 g/mol. The first-order valence-electron chi connectivity index (χ1n) is 6.47. The summed E-state index contributed by atoms with van der Waals surface area (Å²) in [4.78, 5) is 0. The van der Waals surface area contributed by atoms with Gasteiger partial charge in [-0.2, -0.15) is 8.78 Å². The van der Waals surface area contributed by atoms with Gasteiger partial charge in [-0.25, -0.2) is 0 Å². The van der Waals surface area contributed by atoms with Crippen LogP contribution in [0, 0.1) is 0 Å². The van der Waals surface area contributed by atoms with Crippen molar-refractivity contribution in [1.29, 1.82) is 0 Å². The molecule has 0 aliphatic carbocycles. The zero-order chi connectivity index (χ0) is 15.5. The first-order chi connectivity index (χ1) is 9.85. The summed E-state index contributed by atoms with van der Waals surface area (Å²) in [6, 6.07) is 6.30. The maximum absolute atomic E-state index is 12.4. The highest BCUT2D eigenvalue weighted by molar-refractivity contribution is 5.62. The van der Waals surface area contributed by atoms with Crippen LogP contribution in [0.5, 0.6) is 5.75 Å². The molecule has 2 rings (SSSR count). The fourth-order valence-electron chi connectivity index (χ4n) is 1.62. The molecule has 2 aromatic rings. The van der Waals surface area contributed by atoms with Gasteiger partial charge in [0.25, 0.3) is 5.89 Å². The van der Waals surface area contributed by atoms with E-state index in [4.69, 9.17) is 4.42 Å². The number of hydrogen-bond donors (Lipinski definition) is 1. The molecule has 0 radical (unpaired) electrons. The van der Waals surface area contributed by atoms with E-state index in [1.807, 2.05) is 20.8 Å². The van der Waals surface area contributed by atoms with Gasteiger partial charge in [-0.1, -0.05) is 12.1 Å². The van der Waals surface area contributed by atoms with Crippen molar-refractivity contribution in [1.82, 2.24) is 15.5 Å². The molecule has 0 aliphatic heterocycles. The quantitative estimate of drug-likeness (QED) is 0.918. The number of nitrogens with one attached hydrogen (secondary N) is 1. The molecule has 0 fully saturated rings. The molecule has 0 saturated carbocycles. The van der Waals surface area contributed by atoms with Gasteiger partial charge in [-0.3, -0.25) is 0 Å². The average Bonchev–Trinajstić information content (AvgIpc) is 2.84. The molecule has 5 nitrogen and oxygen atoms in total. The molecule has 1 aromatic carbocycles. The van der Waals surface area contributed by atoms with E-state index in [0.717, 1.165) is 0 Å². The maximum Gasteiger partial charge on any atom is 0.387 e. The summed E-state index contributed by atoms with van der Waals surface area (Å²) < 4.78 is 34.7. The summed E-state index contributed by atoms with van der Waals surface area (Å²) in [6.07, 6.45) is 0. The van der Waals surface area contributed by atoms with Crippen molar-refractivity contribution in [3.8, 4) is 17.2 Å². The normalized spacial score (nSPS) is 11.9. The van der Waals surface area contributed by atoms with E-state index in [2.05, 4.69) is 20.3 Å². The van der Waals surface area contributed by atoms with Gasteiger partial charge < -0.3 is 14.5 Å². The van der Waals surface area contributed by atoms with E-state index in [1.165, 1.54) is 6.07 Å². The Balaban J connectivity index is 2.18. The Morgan fingerprint density at radius 1 is 1.24 bits per heavy atom. The maximum atomic E-state index is 12.4. The second-order valence-corrected chi connectivity index (χ2v) is 5.48. The lowest BCUT2D eigenvalue weighted by molar-refractivity contribution is -0.0495. The molecule has 1 heterocycles. The minimum absolute atomic E-state index is 0.00600. The molecule has 1 N–H and O–H groups in total. The van der Waals surface area contributed by atoms with Crippen LogP contribution in [0.1, 0.15) is 26.7 Å². The summed E-state index contributed by atoms with van der Waals surface area (Å²) in [5.41, 5.74) is 0.248. The summed E-state index contributed by atoms with van der Waals surface area (Å²) in [5, 5.41) is 11.0. The van der Waals surface area contributed by atoms with Gasteiger partial charge in [-0.15, -0.1) is 10.2 Å². The first-order valence-corrected chi connectivity index (χ1v) is 6.47. The van der Waals surface area contributed by atoms with Crippen molar-refractivity contribution < 1.29 is 17.9 Å². The van der Waals surface area contributed by atoms with Crippen LogP contribution in [-0.4, -0.2) is 22.3 Å². The van der Waals surface area contributed by atoms with Crippen molar-refractivity contribution in [2.45, 2.75) is 39.5 Å². The Morgan fingerprint density at radius 3 is 2.62 bits per heavy atom. The van der Waals surface area contributed by atoms with E-state index >= 15 is 0 Å². The number of alkyl halides is 2. The Kier molecular flexibility index (Phi) is 4.52. The number of benzene rings is 1. The zero-order valence-corrected chi connectivity index (χ0v) is 12.1. The third kappa shape index (κ3) is 4.49. The summed E-state index contributed by atoms with van der Waals surface area (Å²) >= 11 is 0. The minimum atomic E-state index is -2.91. The van der Waals surface area contributed by atoms with Crippen LogP contribution >= 0.6 is 0 Å². The van der Waals surface area contributed by atoms with Crippen LogP contribution in [-0.2, 0) is 6.54 Å². The van der Waals surface area contributed by atoms with Gasteiger partial charge in [0.15, 0.2) is 0 Å². The Hall–Kier alpha value is -2.02. The number of hydrogen-bond acceptors (Lipinski definition) is 5. The fraction of sp³-hybridized carbons (Fsp3) is 0.429. The largest absolute Gasteiger partial charge is 0.434 e. The molecule has 0 aliphatic rings.